The number of anilines is 2. The lowest BCUT2D eigenvalue weighted by molar-refractivity contribution is -0.138. The van der Waals surface area contributed by atoms with E-state index < -0.39 is 49.2 Å². The molecule has 59 heavy (non-hydrogen) atoms. The van der Waals surface area contributed by atoms with Gasteiger partial charge in [0.2, 0.25) is 0 Å². The summed E-state index contributed by atoms with van der Waals surface area (Å²) in [6.45, 7) is 1.78. The topological polar surface area (TPSA) is 146 Å². The zero-order chi connectivity index (χ0) is 43.2. The second kappa shape index (κ2) is 18.0. The van der Waals surface area contributed by atoms with Crippen molar-refractivity contribution < 1.29 is 57.4 Å². The molecule has 310 valence electrons. The molecule has 6 aromatic rings. The van der Waals surface area contributed by atoms with Crippen LogP contribution in [0.1, 0.15) is 16.7 Å². The molecule has 2 heterocycles. The van der Waals surface area contributed by atoms with Crippen LogP contribution in [0.2, 0.25) is 10.0 Å². The number of aromatic nitrogens is 2. The smallest absolute Gasteiger partial charge is 0.416 e. The van der Waals surface area contributed by atoms with Gasteiger partial charge in [0.05, 0.1) is 61.8 Å². The van der Waals surface area contributed by atoms with Gasteiger partial charge in [-0.05, 0) is 79.7 Å². The summed E-state index contributed by atoms with van der Waals surface area (Å²) in [5.41, 5.74) is -2.02. The number of ether oxygens (including phenoxy) is 3. The van der Waals surface area contributed by atoms with Crippen LogP contribution in [0.3, 0.4) is 0 Å². The number of pyridine rings is 2. The summed E-state index contributed by atoms with van der Waals surface area (Å²) in [4.78, 5) is 7.37. The van der Waals surface area contributed by atoms with E-state index in [4.69, 9.17) is 37.4 Å². The Labute approximate surface area is 343 Å². The second-order valence-electron chi connectivity index (χ2n) is 12.0. The van der Waals surface area contributed by atoms with Gasteiger partial charge in [-0.25, -0.2) is 16.8 Å². The van der Waals surface area contributed by atoms with E-state index in [1.807, 2.05) is 0 Å². The molecule has 0 radical (unpaired) electrons. The number of benzene rings is 4. The van der Waals surface area contributed by atoms with Crippen LogP contribution in [-0.4, -0.2) is 33.9 Å². The van der Waals surface area contributed by atoms with Crippen LogP contribution in [0.25, 0.3) is 0 Å². The van der Waals surface area contributed by atoms with Crippen LogP contribution < -0.4 is 23.7 Å². The van der Waals surface area contributed by atoms with Crippen LogP contribution in [-0.2, 0) is 32.4 Å². The van der Waals surface area contributed by atoms with Crippen molar-refractivity contribution in [1.29, 1.82) is 0 Å². The predicted molar refractivity (Wildman–Crippen MR) is 207 cm³/mol. The summed E-state index contributed by atoms with van der Waals surface area (Å²) in [5.74, 6) is 0.368. The van der Waals surface area contributed by atoms with Crippen LogP contribution in [0, 0.1) is 6.92 Å². The van der Waals surface area contributed by atoms with Crippen molar-refractivity contribution in [3.05, 3.63) is 149 Å². The Kier molecular flexibility index (Phi) is 13.5. The van der Waals surface area contributed by atoms with Gasteiger partial charge in [-0.15, -0.1) is 0 Å². The minimum absolute atomic E-state index is 0.101. The summed E-state index contributed by atoms with van der Waals surface area (Å²) in [6, 6.07) is 18.9. The molecule has 0 aliphatic rings. The number of nitrogens with one attached hydrogen (secondary N) is 2. The Balaban J connectivity index is 0.000000224. The number of hydrogen-bond donors (Lipinski definition) is 2. The molecule has 21 heteroatoms. The normalized spacial score (nSPS) is 11.8. The van der Waals surface area contributed by atoms with Crippen molar-refractivity contribution in [2.75, 3.05) is 16.6 Å². The lowest BCUT2D eigenvalue weighted by Crippen LogP contribution is -2.15. The first kappa shape index (κ1) is 44.3. The van der Waals surface area contributed by atoms with Gasteiger partial charge in [-0.1, -0.05) is 40.9 Å². The Hall–Kier alpha value is -5.76. The van der Waals surface area contributed by atoms with E-state index in [2.05, 4.69) is 19.4 Å². The zero-order valence-electron chi connectivity index (χ0n) is 30.1. The Morgan fingerprint density at radius 2 is 0.932 bits per heavy atom. The van der Waals surface area contributed by atoms with Crippen LogP contribution in [0.5, 0.6) is 28.7 Å². The maximum atomic E-state index is 13.2. The number of rotatable bonds is 11. The van der Waals surface area contributed by atoms with E-state index in [9.17, 15) is 43.2 Å². The molecule has 0 amide bonds. The fourth-order valence-corrected chi connectivity index (χ4v) is 7.23. The maximum absolute atomic E-state index is 13.2. The monoisotopic (exact) mass is 900 g/mol. The number of nitrogens with zero attached hydrogens (tertiary/aromatic N) is 2. The fraction of sp³-hybridized carbons (Fsp3) is 0.105. The largest absolute Gasteiger partial charge is 0.497 e. The maximum Gasteiger partial charge on any atom is 0.416 e. The third-order valence-electron chi connectivity index (χ3n) is 7.62. The number of methoxy groups -OCH3 is 1. The third kappa shape index (κ3) is 12.1. The molecule has 0 bridgehead atoms. The number of hydrogen-bond acceptors (Lipinski definition) is 9. The fourth-order valence-electron chi connectivity index (χ4n) is 4.78. The van der Waals surface area contributed by atoms with E-state index in [1.165, 1.54) is 80.4 Å². The molecule has 0 unspecified atom stereocenters. The molecule has 6 rings (SSSR count). The van der Waals surface area contributed by atoms with Gasteiger partial charge in [0.1, 0.15) is 17.2 Å². The van der Waals surface area contributed by atoms with Gasteiger partial charge in [-0.3, -0.25) is 19.4 Å². The number of aryl methyl sites for hydroxylation is 1. The van der Waals surface area contributed by atoms with E-state index >= 15 is 0 Å². The average molecular weight is 902 g/mol. The summed E-state index contributed by atoms with van der Waals surface area (Å²) in [5, 5.41) is 0.482. The average Bonchev–Trinajstić information content (AvgIpc) is 3.16. The van der Waals surface area contributed by atoms with E-state index in [0.29, 0.717) is 17.9 Å². The molecule has 0 fully saturated rings. The molecule has 2 N–H and O–H groups in total. The standard InChI is InChI=1S/C19H14ClF3N2O4S.C19H14ClF3N2O3S/c1-28-14-3-5-16(6-4-14)30(26,27)25-17-8-12(19(21,22)23)2-7-18(17)29-15-9-13(20)10-24-11-15;1-12-2-5-16(6-3-12)29(26,27)25-17-8-13(19(21,22)23)4-7-18(17)28-15-9-14(20)10-24-11-15/h2-11,25H,1H3;2-11,25H,1H3. The molecule has 4 aromatic carbocycles. The minimum atomic E-state index is -4.68. The van der Waals surface area contributed by atoms with Crippen molar-refractivity contribution in [2.24, 2.45) is 0 Å². The molecule has 0 saturated heterocycles. The van der Waals surface area contributed by atoms with Crippen LogP contribution in [0.4, 0.5) is 37.7 Å². The lowest BCUT2D eigenvalue weighted by Gasteiger charge is -2.16. The number of alkyl halides is 6. The highest BCUT2D eigenvalue weighted by Gasteiger charge is 2.33. The van der Waals surface area contributed by atoms with Gasteiger partial charge in [0.15, 0.2) is 11.5 Å². The predicted octanol–water partition coefficient (Wildman–Crippen LogP) is 11.0. The Bertz CT molecular complexity index is 2650. The van der Waals surface area contributed by atoms with Crippen molar-refractivity contribution >= 4 is 54.6 Å². The van der Waals surface area contributed by atoms with Crippen LogP contribution >= 0.6 is 23.2 Å². The second-order valence-corrected chi connectivity index (χ2v) is 16.2. The van der Waals surface area contributed by atoms with Gasteiger partial charge >= 0.3 is 12.4 Å². The highest BCUT2D eigenvalue weighted by Crippen LogP contribution is 2.40. The molecular formula is C38H28Cl2F6N4O7S2. The van der Waals surface area contributed by atoms with E-state index in [1.54, 1.807) is 19.1 Å². The zero-order valence-corrected chi connectivity index (χ0v) is 33.3. The molecule has 0 aliphatic carbocycles. The minimum Gasteiger partial charge on any atom is -0.497 e. The molecule has 0 saturated carbocycles. The van der Waals surface area contributed by atoms with Crippen molar-refractivity contribution in [3.63, 3.8) is 0 Å². The summed E-state index contributed by atoms with van der Waals surface area (Å²) >= 11 is 11.7. The van der Waals surface area contributed by atoms with Gasteiger partial charge in [0, 0.05) is 24.5 Å². The molecule has 11 nitrogen and oxygen atoms in total. The van der Waals surface area contributed by atoms with Crippen molar-refractivity contribution in [2.45, 2.75) is 29.1 Å². The summed E-state index contributed by atoms with van der Waals surface area (Å²) in [6.07, 6.45) is -4.08. The molecule has 2 aromatic heterocycles. The summed E-state index contributed by atoms with van der Waals surface area (Å²) < 4.78 is 150. The van der Waals surface area contributed by atoms with Gasteiger partial charge in [-0.2, -0.15) is 26.3 Å². The Morgan fingerprint density at radius 1 is 0.542 bits per heavy atom. The molecule has 0 aliphatic heterocycles. The first-order valence-electron chi connectivity index (χ1n) is 16.4. The number of halogens is 8. The number of sulfonamides is 2. The molecule has 0 spiro atoms. The van der Waals surface area contributed by atoms with Crippen molar-refractivity contribution in [1.82, 2.24) is 9.97 Å². The summed E-state index contributed by atoms with van der Waals surface area (Å²) in [7, 11) is -6.96. The van der Waals surface area contributed by atoms with Crippen molar-refractivity contribution in [3.8, 4) is 28.7 Å². The quantitative estimate of drug-likeness (QED) is 0.121. The van der Waals surface area contributed by atoms with Crippen LogP contribution in [0.15, 0.2) is 132 Å². The van der Waals surface area contributed by atoms with Gasteiger partial charge < -0.3 is 14.2 Å². The first-order valence-corrected chi connectivity index (χ1v) is 20.1. The third-order valence-corrected chi connectivity index (χ3v) is 10.8. The lowest BCUT2D eigenvalue weighted by atomic mass is 10.2. The van der Waals surface area contributed by atoms with Gasteiger partial charge in [0.25, 0.3) is 20.0 Å². The highest BCUT2D eigenvalue weighted by atomic mass is 35.5. The molecule has 0 atom stereocenters. The first-order chi connectivity index (χ1) is 27.6. The van der Waals surface area contributed by atoms with E-state index in [0.717, 1.165) is 29.8 Å². The molecular weight excluding hydrogens is 873 g/mol. The SMILES string of the molecule is COc1ccc(S(=O)(=O)Nc2cc(C(F)(F)F)ccc2Oc2cncc(Cl)c2)cc1.Cc1ccc(S(=O)(=O)Nc2cc(C(F)(F)F)ccc2Oc2cncc(Cl)c2)cc1. The van der Waals surface area contributed by atoms with E-state index in [-0.39, 0.29) is 48.5 Å². The highest BCUT2D eigenvalue weighted by molar-refractivity contribution is 7.93. The Morgan fingerprint density at radius 3 is 1.29 bits per heavy atom.